The molecule has 0 spiro atoms. The van der Waals surface area contributed by atoms with Gasteiger partial charge in [0, 0.05) is 25.7 Å². The van der Waals surface area contributed by atoms with E-state index < -0.39 is 97.5 Å². The Morgan fingerprint density at radius 2 is 0.593 bits per heavy atom. The lowest BCUT2D eigenvalue weighted by atomic mass is 10.0. The van der Waals surface area contributed by atoms with Gasteiger partial charge < -0.3 is 33.8 Å². The zero-order valence-corrected chi connectivity index (χ0v) is 60.6. The van der Waals surface area contributed by atoms with Crippen LogP contribution in [0.3, 0.4) is 0 Å². The van der Waals surface area contributed by atoms with Gasteiger partial charge >= 0.3 is 39.5 Å². The molecule has 2 unspecified atom stereocenters. The van der Waals surface area contributed by atoms with Gasteiger partial charge in [0.1, 0.15) is 19.3 Å². The standard InChI is InChI=1S/C72H136O17P2/c1-8-9-10-11-12-13-14-15-16-17-20-26-31-39-46-53-69(74)82-59-67(88-72(77)56-49-42-33-28-23-22-25-30-37-44-51-64(4)5)61-86-90(78,79)84-57-66(73)58-85-91(80,81)87-62-68(60-83-70(75)54-47-40-35-34-38-45-52-65(6)7)89-71(76)55-48-41-32-27-21-18-19-24-29-36-43-50-63(2)3/h13-16,63-68,73H,8-12,17-62H2,1-7H3,(H,78,79)(H,80,81)/b14-13-,16-15-/t66-,67-,68-/m1/s1. The molecule has 5 atom stereocenters. The summed E-state index contributed by atoms with van der Waals surface area (Å²) < 4.78 is 68.3. The number of rotatable bonds is 68. The molecular weight excluding hydrogens is 1200 g/mol. The largest absolute Gasteiger partial charge is 0.472 e. The van der Waals surface area contributed by atoms with Gasteiger partial charge in [-0.25, -0.2) is 9.13 Å². The molecule has 3 N–H and O–H groups in total. The number of esters is 4. The predicted octanol–water partition coefficient (Wildman–Crippen LogP) is 20.2. The van der Waals surface area contributed by atoms with Gasteiger partial charge in [-0.15, -0.1) is 0 Å². The summed E-state index contributed by atoms with van der Waals surface area (Å²) in [6, 6.07) is 0. The molecule has 19 heteroatoms. The quantitative estimate of drug-likeness (QED) is 0.0169. The van der Waals surface area contributed by atoms with E-state index in [1.807, 2.05) is 0 Å². The van der Waals surface area contributed by atoms with Crippen LogP contribution < -0.4 is 0 Å². The SMILES string of the molecule is CCCCCC/C=C\C=C/CCCCCCCC(=O)OC[C@H](COP(=O)(O)OC[C@@H](O)COP(=O)(O)OC[C@@H](COC(=O)CCCCCCCCC(C)C)OC(=O)CCCCCCCCCCCCCC(C)C)OC(=O)CCCCCCCCCCCCC(C)C. The molecule has 0 saturated heterocycles. The Morgan fingerprint density at radius 1 is 0.341 bits per heavy atom. The topological polar surface area (TPSA) is 237 Å². The van der Waals surface area contributed by atoms with E-state index in [1.54, 1.807) is 0 Å². The maximum absolute atomic E-state index is 13.0. The molecule has 0 radical (unpaired) electrons. The third-order valence-electron chi connectivity index (χ3n) is 16.0. The van der Waals surface area contributed by atoms with Crippen molar-refractivity contribution in [1.82, 2.24) is 0 Å². The number of aliphatic hydroxyl groups is 1. The van der Waals surface area contributed by atoms with E-state index in [-0.39, 0.29) is 25.7 Å². The molecule has 0 rings (SSSR count). The van der Waals surface area contributed by atoms with Gasteiger partial charge in [0.25, 0.3) is 0 Å². The summed E-state index contributed by atoms with van der Waals surface area (Å²) in [7, 11) is -9.92. The van der Waals surface area contributed by atoms with Gasteiger partial charge in [-0.1, -0.05) is 285 Å². The van der Waals surface area contributed by atoms with Crippen molar-refractivity contribution in [3.63, 3.8) is 0 Å². The maximum Gasteiger partial charge on any atom is 0.472 e. The summed E-state index contributed by atoms with van der Waals surface area (Å²) in [5.41, 5.74) is 0. The average Bonchev–Trinajstić information content (AvgIpc) is 3.19. The van der Waals surface area contributed by atoms with Crippen molar-refractivity contribution in [2.75, 3.05) is 39.6 Å². The summed E-state index contributed by atoms with van der Waals surface area (Å²) in [6.07, 6.45) is 49.5. The van der Waals surface area contributed by atoms with E-state index in [2.05, 4.69) is 72.8 Å². The van der Waals surface area contributed by atoms with Crippen LogP contribution in [0.5, 0.6) is 0 Å². The minimum Gasteiger partial charge on any atom is -0.462 e. The minimum atomic E-state index is -4.96. The molecule has 0 bridgehead atoms. The fraction of sp³-hybridized carbons (Fsp3) is 0.889. The van der Waals surface area contributed by atoms with Crippen molar-refractivity contribution in [2.45, 2.75) is 356 Å². The van der Waals surface area contributed by atoms with E-state index in [4.69, 9.17) is 37.0 Å². The Labute approximate surface area is 554 Å². The second kappa shape index (κ2) is 62.4. The monoisotopic (exact) mass is 1330 g/mol. The van der Waals surface area contributed by atoms with Crippen molar-refractivity contribution in [1.29, 1.82) is 0 Å². The van der Waals surface area contributed by atoms with Crippen LogP contribution in [-0.4, -0.2) is 96.7 Å². The number of phosphoric acid groups is 2. The van der Waals surface area contributed by atoms with Gasteiger partial charge in [0.2, 0.25) is 0 Å². The highest BCUT2D eigenvalue weighted by molar-refractivity contribution is 7.47. The Bertz CT molecular complexity index is 1880. The van der Waals surface area contributed by atoms with Gasteiger partial charge in [0.15, 0.2) is 12.2 Å². The first-order chi connectivity index (χ1) is 43.7. The molecule has 17 nitrogen and oxygen atoms in total. The first kappa shape index (κ1) is 88.5. The molecule has 0 fully saturated rings. The highest BCUT2D eigenvalue weighted by atomic mass is 31.2. The first-order valence-electron chi connectivity index (χ1n) is 36.7. The normalized spacial score (nSPS) is 14.3. The summed E-state index contributed by atoms with van der Waals surface area (Å²) in [5.74, 6) is 0.0346. The Morgan fingerprint density at radius 3 is 0.890 bits per heavy atom. The molecule has 0 heterocycles. The molecule has 0 saturated carbocycles. The second-order valence-electron chi connectivity index (χ2n) is 26.7. The van der Waals surface area contributed by atoms with E-state index in [0.717, 1.165) is 127 Å². The molecule has 0 aliphatic heterocycles. The van der Waals surface area contributed by atoms with Crippen molar-refractivity contribution in [3.05, 3.63) is 24.3 Å². The van der Waals surface area contributed by atoms with E-state index in [0.29, 0.717) is 31.6 Å². The van der Waals surface area contributed by atoms with Gasteiger partial charge in [-0.05, 0) is 69.1 Å². The molecule has 0 aromatic rings. The maximum atomic E-state index is 13.0. The molecule has 0 amide bonds. The highest BCUT2D eigenvalue weighted by Gasteiger charge is 2.30. The summed E-state index contributed by atoms with van der Waals surface area (Å²) >= 11 is 0. The lowest BCUT2D eigenvalue weighted by Crippen LogP contribution is -2.30. The molecule has 0 aromatic carbocycles. The number of unbranched alkanes of at least 4 members (excludes halogenated alkanes) is 33. The Hall–Kier alpha value is -2.46. The molecular formula is C72H136O17P2. The molecule has 0 aliphatic rings. The first-order valence-corrected chi connectivity index (χ1v) is 39.7. The number of aliphatic hydroxyl groups excluding tert-OH is 1. The van der Waals surface area contributed by atoms with Crippen molar-refractivity contribution < 1.29 is 80.2 Å². The second-order valence-corrected chi connectivity index (χ2v) is 29.6. The number of hydrogen-bond donors (Lipinski definition) is 3. The number of phosphoric ester groups is 2. The van der Waals surface area contributed by atoms with Crippen molar-refractivity contribution in [2.24, 2.45) is 17.8 Å². The van der Waals surface area contributed by atoms with Gasteiger partial charge in [0.05, 0.1) is 26.4 Å². The number of allylic oxidation sites excluding steroid dienone is 4. The lowest BCUT2D eigenvalue weighted by molar-refractivity contribution is -0.161. The summed E-state index contributed by atoms with van der Waals surface area (Å²) in [5, 5.41) is 10.6. The van der Waals surface area contributed by atoms with Gasteiger partial charge in [-0.2, -0.15) is 0 Å². The van der Waals surface area contributed by atoms with Crippen LogP contribution in [0.25, 0.3) is 0 Å². The number of ether oxygens (including phenoxy) is 4. The fourth-order valence-electron chi connectivity index (χ4n) is 10.4. The van der Waals surface area contributed by atoms with Crippen LogP contribution in [0.15, 0.2) is 24.3 Å². The molecule has 0 aliphatic carbocycles. The number of carbonyl (C=O) groups is 4. The number of hydrogen-bond acceptors (Lipinski definition) is 15. The van der Waals surface area contributed by atoms with E-state index in [1.165, 1.54) is 122 Å². The average molecular weight is 1340 g/mol. The lowest BCUT2D eigenvalue weighted by Gasteiger charge is -2.21. The van der Waals surface area contributed by atoms with Gasteiger partial charge in [-0.3, -0.25) is 37.3 Å². The van der Waals surface area contributed by atoms with Crippen LogP contribution in [-0.2, 0) is 65.4 Å². The van der Waals surface area contributed by atoms with E-state index in [9.17, 15) is 43.2 Å². The zero-order chi connectivity index (χ0) is 67.3. The van der Waals surface area contributed by atoms with Crippen molar-refractivity contribution >= 4 is 39.5 Å². The van der Waals surface area contributed by atoms with E-state index >= 15 is 0 Å². The fourth-order valence-corrected chi connectivity index (χ4v) is 11.9. The summed E-state index contributed by atoms with van der Waals surface area (Å²) in [4.78, 5) is 72.6. The highest BCUT2D eigenvalue weighted by Crippen LogP contribution is 2.45. The van der Waals surface area contributed by atoms with Crippen LogP contribution in [0.2, 0.25) is 0 Å². The molecule has 91 heavy (non-hydrogen) atoms. The third-order valence-corrected chi connectivity index (χ3v) is 17.9. The number of carbonyl (C=O) groups excluding carboxylic acids is 4. The van der Waals surface area contributed by atoms with Crippen LogP contribution in [0.4, 0.5) is 0 Å². The minimum absolute atomic E-state index is 0.0985. The van der Waals surface area contributed by atoms with Crippen LogP contribution >= 0.6 is 15.6 Å². The summed E-state index contributed by atoms with van der Waals surface area (Å²) in [6.45, 7) is 11.7. The Kier molecular flexibility index (Phi) is 60.7. The zero-order valence-electron chi connectivity index (χ0n) is 58.8. The van der Waals surface area contributed by atoms with Crippen LogP contribution in [0, 0.1) is 17.8 Å². The third kappa shape index (κ3) is 66.0. The molecule has 0 aromatic heterocycles. The van der Waals surface area contributed by atoms with Crippen molar-refractivity contribution in [3.8, 4) is 0 Å². The smallest absolute Gasteiger partial charge is 0.462 e. The van der Waals surface area contributed by atoms with Crippen LogP contribution in [0.1, 0.15) is 337 Å². The molecule has 536 valence electrons. The predicted molar refractivity (Wildman–Crippen MR) is 367 cm³/mol. The Balaban J connectivity index is 5.28.